The summed E-state index contributed by atoms with van der Waals surface area (Å²) in [5.41, 5.74) is 0.153. The number of hydrogen-bond acceptors (Lipinski definition) is 4. The summed E-state index contributed by atoms with van der Waals surface area (Å²) in [5, 5.41) is 3.26. The molecule has 0 radical (unpaired) electrons. The zero-order valence-corrected chi connectivity index (χ0v) is 17.6. The van der Waals surface area contributed by atoms with Gasteiger partial charge in [0.25, 0.3) is 0 Å². The van der Waals surface area contributed by atoms with Gasteiger partial charge in [0.1, 0.15) is 11.2 Å². The van der Waals surface area contributed by atoms with Crippen molar-refractivity contribution in [2.24, 2.45) is 0 Å². The summed E-state index contributed by atoms with van der Waals surface area (Å²) in [6.45, 7) is 5.24. The predicted molar refractivity (Wildman–Crippen MR) is 112 cm³/mol. The van der Waals surface area contributed by atoms with E-state index < -0.39 is 17.4 Å². The topological polar surface area (TPSA) is 55.4 Å². The Hall–Kier alpha value is -1.86. The van der Waals surface area contributed by atoms with Gasteiger partial charge < -0.3 is 10.1 Å². The minimum absolute atomic E-state index is 0.119. The van der Waals surface area contributed by atoms with Crippen LogP contribution < -0.4 is 5.32 Å². The van der Waals surface area contributed by atoms with Crippen molar-refractivity contribution in [2.45, 2.75) is 26.4 Å². The van der Waals surface area contributed by atoms with Gasteiger partial charge in [-0.25, -0.2) is 4.79 Å². The second-order valence-electron chi connectivity index (χ2n) is 6.52. The summed E-state index contributed by atoms with van der Waals surface area (Å²) in [5.74, 6) is -1.21. The lowest BCUT2D eigenvalue weighted by Crippen LogP contribution is -2.27. The summed E-state index contributed by atoms with van der Waals surface area (Å²) in [6.07, 6.45) is 1.36. The average Bonchev–Trinajstić information content (AvgIpc) is 2.55. The third-order valence-corrected chi connectivity index (χ3v) is 4.26. The van der Waals surface area contributed by atoms with Gasteiger partial charge in [-0.05, 0) is 79.8 Å². The normalized spacial score (nSPS) is 11.8. The Morgan fingerprint density at radius 3 is 2.27 bits per heavy atom. The molecule has 6 heteroatoms. The lowest BCUT2D eigenvalue weighted by atomic mass is 10.0. The van der Waals surface area contributed by atoms with E-state index >= 15 is 0 Å². The molecule has 0 aliphatic heterocycles. The number of ether oxygens (including phenoxy) is 1. The molecule has 0 bridgehead atoms. The third-order valence-electron chi connectivity index (χ3n) is 3.21. The van der Waals surface area contributed by atoms with E-state index in [1.165, 1.54) is 6.20 Å². The number of rotatable bonds is 5. The average molecular weight is 484 g/mol. The Balaban J connectivity index is 2.36. The van der Waals surface area contributed by atoms with Gasteiger partial charge >= 0.3 is 5.97 Å². The summed E-state index contributed by atoms with van der Waals surface area (Å²) in [7, 11) is 0. The monoisotopic (exact) mass is 483 g/mol. The fourth-order valence-electron chi connectivity index (χ4n) is 2.04. The molecule has 0 aromatic heterocycles. The van der Waals surface area contributed by atoms with Gasteiger partial charge in [0.05, 0.1) is 5.02 Å². The van der Waals surface area contributed by atoms with Crippen molar-refractivity contribution in [1.82, 2.24) is 0 Å². The van der Waals surface area contributed by atoms with Crippen LogP contribution in [0.5, 0.6) is 0 Å². The van der Waals surface area contributed by atoms with Gasteiger partial charge in [0, 0.05) is 21.0 Å². The highest BCUT2D eigenvalue weighted by Crippen LogP contribution is 2.21. The van der Waals surface area contributed by atoms with Crippen LogP contribution in [-0.2, 0) is 9.53 Å². The number of nitrogens with one attached hydrogen (secondary N) is 1. The van der Waals surface area contributed by atoms with Crippen molar-refractivity contribution in [3.05, 3.63) is 74.5 Å². The van der Waals surface area contributed by atoms with Gasteiger partial charge in [0.15, 0.2) is 0 Å². The largest absolute Gasteiger partial charge is 0.456 e. The van der Waals surface area contributed by atoms with E-state index in [2.05, 4.69) is 27.9 Å². The van der Waals surface area contributed by atoms with Crippen LogP contribution >= 0.6 is 34.2 Å². The SMILES string of the molecule is CC(C)(C)OC(=O)C(=CNc1ccc(I)cc1)C(=O)c1ccccc1Cl. The first-order valence-corrected chi connectivity index (χ1v) is 9.38. The highest BCUT2D eigenvalue weighted by molar-refractivity contribution is 14.1. The van der Waals surface area contributed by atoms with Gasteiger partial charge in [-0.15, -0.1) is 0 Å². The van der Waals surface area contributed by atoms with Crippen molar-refractivity contribution >= 4 is 51.6 Å². The van der Waals surface area contributed by atoms with E-state index in [0.29, 0.717) is 0 Å². The number of carbonyl (C=O) groups excluding carboxylic acids is 2. The van der Waals surface area contributed by atoms with Crippen molar-refractivity contribution in [2.75, 3.05) is 5.32 Å². The number of hydrogen-bond donors (Lipinski definition) is 1. The molecule has 0 heterocycles. The highest BCUT2D eigenvalue weighted by Gasteiger charge is 2.26. The molecule has 0 amide bonds. The molecule has 0 atom stereocenters. The molecule has 0 fully saturated rings. The molecule has 2 rings (SSSR count). The van der Waals surface area contributed by atoms with E-state index in [1.807, 2.05) is 24.3 Å². The summed E-state index contributed by atoms with van der Waals surface area (Å²) in [4.78, 5) is 25.4. The van der Waals surface area contributed by atoms with Crippen molar-refractivity contribution in [1.29, 1.82) is 0 Å². The fourth-order valence-corrected chi connectivity index (χ4v) is 2.62. The number of benzene rings is 2. The zero-order chi connectivity index (χ0) is 19.3. The van der Waals surface area contributed by atoms with E-state index in [-0.39, 0.29) is 16.2 Å². The zero-order valence-electron chi connectivity index (χ0n) is 14.7. The molecule has 0 aliphatic rings. The van der Waals surface area contributed by atoms with Crippen molar-refractivity contribution < 1.29 is 14.3 Å². The van der Waals surface area contributed by atoms with Crippen LogP contribution in [0.1, 0.15) is 31.1 Å². The Morgan fingerprint density at radius 2 is 1.69 bits per heavy atom. The molecule has 2 aromatic carbocycles. The Labute approximate surface area is 171 Å². The summed E-state index contributed by atoms with van der Waals surface area (Å²) < 4.78 is 6.46. The van der Waals surface area contributed by atoms with E-state index in [1.54, 1.807) is 45.0 Å². The van der Waals surface area contributed by atoms with Crippen molar-refractivity contribution in [3.63, 3.8) is 0 Å². The maximum absolute atomic E-state index is 12.9. The number of ketones is 1. The molecular formula is C20H19ClINO3. The van der Waals surface area contributed by atoms with Gasteiger partial charge in [-0.2, -0.15) is 0 Å². The number of halogens is 2. The quantitative estimate of drug-likeness (QED) is 0.153. The summed E-state index contributed by atoms with van der Waals surface area (Å²) in [6, 6.07) is 14.1. The molecule has 0 saturated carbocycles. The number of esters is 1. The first-order chi connectivity index (χ1) is 12.2. The lowest BCUT2D eigenvalue weighted by molar-refractivity contribution is -0.149. The molecule has 0 saturated heterocycles. The molecule has 0 aliphatic carbocycles. The van der Waals surface area contributed by atoms with Gasteiger partial charge in [0.2, 0.25) is 5.78 Å². The maximum atomic E-state index is 12.9. The molecule has 26 heavy (non-hydrogen) atoms. The van der Waals surface area contributed by atoms with E-state index in [4.69, 9.17) is 16.3 Å². The lowest BCUT2D eigenvalue weighted by Gasteiger charge is -2.20. The number of carbonyl (C=O) groups is 2. The third kappa shape index (κ3) is 5.85. The van der Waals surface area contributed by atoms with Crippen LogP contribution in [0, 0.1) is 3.57 Å². The molecule has 4 nitrogen and oxygen atoms in total. The minimum atomic E-state index is -0.722. The second-order valence-corrected chi connectivity index (χ2v) is 8.17. The summed E-state index contributed by atoms with van der Waals surface area (Å²) >= 11 is 8.31. The van der Waals surface area contributed by atoms with Crippen LogP contribution in [0.25, 0.3) is 0 Å². The Bertz CT molecular complexity index is 839. The Kier molecular flexibility index (Phi) is 6.83. The minimum Gasteiger partial charge on any atom is -0.456 e. The first kappa shape index (κ1) is 20.5. The molecular weight excluding hydrogens is 465 g/mol. The van der Waals surface area contributed by atoms with Gasteiger partial charge in [-0.1, -0.05) is 23.7 Å². The second kappa shape index (κ2) is 8.68. The molecule has 0 spiro atoms. The molecule has 1 N–H and O–H groups in total. The maximum Gasteiger partial charge on any atom is 0.344 e. The fraction of sp³-hybridized carbons (Fsp3) is 0.200. The van der Waals surface area contributed by atoms with Crippen LogP contribution in [-0.4, -0.2) is 17.4 Å². The first-order valence-electron chi connectivity index (χ1n) is 7.92. The molecule has 136 valence electrons. The van der Waals surface area contributed by atoms with Crippen LogP contribution in [0.15, 0.2) is 60.3 Å². The molecule has 0 unspecified atom stereocenters. The van der Waals surface area contributed by atoms with Gasteiger partial charge in [-0.3, -0.25) is 4.79 Å². The Morgan fingerprint density at radius 1 is 1.08 bits per heavy atom. The number of Topliss-reactive ketones (excluding diaryl/α,β-unsaturated/α-hetero) is 1. The standard InChI is InChI=1S/C20H19ClINO3/c1-20(2,3)26-19(25)16(12-23-14-10-8-13(22)9-11-14)18(24)15-6-4-5-7-17(15)21/h4-12,23H,1-3H3. The molecule has 2 aromatic rings. The number of anilines is 1. The highest BCUT2D eigenvalue weighted by atomic mass is 127. The van der Waals surface area contributed by atoms with Crippen molar-refractivity contribution in [3.8, 4) is 0 Å². The van der Waals surface area contributed by atoms with E-state index in [0.717, 1.165) is 9.26 Å². The smallest absolute Gasteiger partial charge is 0.344 e. The van der Waals surface area contributed by atoms with Crippen LogP contribution in [0.2, 0.25) is 5.02 Å². The predicted octanol–water partition coefficient (Wildman–Crippen LogP) is 5.47. The van der Waals surface area contributed by atoms with Crippen LogP contribution in [0.4, 0.5) is 5.69 Å². The van der Waals surface area contributed by atoms with Crippen LogP contribution in [0.3, 0.4) is 0 Å². The van der Waals surface area contributed by atoms with E-state index in [9.17, 15) is 9.59 Å².